The Bertz CT molecular complexity index is 2610. The van der Waals surface area contributed by atoms with Crippen molar-refractivity contribution >= 4 is 47.2 Å². The molecular weight excluding hydrogens is 762 g/mol. The molecule has 0 unspecified atom stereocenters. The molecule has 60 heavy (non-hydrogen) atoms. The third-order valence-corrected chi connectivity index (χ3v) is 12.8. The zero-order valence-corrected chi connectivity index (χ0v) is 33.2. The third kappa shape index (κ3) is 5.98. The lowest BCUT2D eigenvalue weighted by atomic mass is 9.49. The van der Waals surface area contributed by atoms with Gasteiger partial charge in [0.25, 0.3) is 11.8 Å². The van der Waals surface area contributed by atoms with E-state index < -0.39 is 64.3 Å². The Balaban J connectivity index is 1.11. The molecule has 2 N–H and O–H groups in total. The quantitative estimate of drug-likeness (QED) is 0.0868. The molecule has 0 radical (unpaired) electrons. The Morgan fingerprint density at radius 2 is 1.55 bits per heavy atom. The number of ether oxygens (including phenoxy) is 2. The number of hydrogen-bond acceptors (Lipinski definition) is 8. The molecule has 6 atom stereocenters. The predicted molar refractivity (Wildman–Crippen MR) is 224 cm³/mol. The number of nitrogens with zero attached hydrogens (tertiary/aromatic N) is 2. The molecule has 1 saturated carbocycles. The monoisotopic (exact) mass is 803 g/mol. The first kappa shape index (κ1) is 38.5. The summed E-state index contributed by atoms with van der Waals surface area (Å²) in [4.78, 5) is 60.5. The van der Waals surface area contributed by atoms with Crippen molar-refractivity contribution < 1.29 is 38.1 Å². The van der Waals surface area contributed by atoms with E-state index >= 15 is 9.18 Å². The van der Waals surface area contributed by atoms with Crippen LogP contribution >= 0.6 is 0 Å². The second kappa shape index (κ2) is 15.0. The van der Waals surface area contributed by atoms with Gasteiger partial charge in [-0.05, 0) is 85.3 Å². The zero-order chi connectivity index (χ0) is 41.9. The largest absolute Gasteiger partial charge is 0.505 e. The highest BCUT2D eigenvalue weighted by atomic mass is 19.1. The van der Waals surface area contributed by atoms with Gasteiger partial charge in [0.05, 0.1) is 48.8 Å². The van der Waals surface area contributed by atoms with E-state index in [1.54, 1.807) is 68.8 Å². The number of aromatic hydroxyl groups is 1. The molecule has 302 valence electrons. The topological polar surface area (TPSA) is 125 Å². The van der Waals surface area contributed by atoms with Crippen LogP contribution < -0.4 is 19.8 Å². The first-order chi connectivity index (χ1) is 29.1. The maximum Gasteiger partial charge on any atom is 0.260 e. The molecular formula is C49H42FN3O7. The second-order valence-electron chi connectivity index (χ2n) is 15.8. The molecule has 2 aliphatic carbocycles. The van der Waals surface area contributed by atoms with Gasteiger partial charge in [0.1, 0.15) is 11.5 Å². The average molecular weight is 804 g/mol. The first-order valence-electron chi connectivity index (χ1n) is 19.9. The number of anilines is 2. The number of nitrogens with one attached hydrogen (secondary N) is 1. The number of imide groups is 2. The molecule has 3 fully saturated rings. The molecule has 5 aromatic rings. The van der Waals surface area contributed by atoms with Gasteiger partial charge in [0.15, 0.2) is 11.6 Å². The van der Waals surface area contributed by atoms with Crippen LogP contribution in [0.15, 0.2) is 127 Å². The van der Waals surface area contributed by atoms with Crippen LogP contribution in [0.5, 0.6) is 17.2 Å². The third-order valence-electron chi connectivity index (χ3n) is 12.8. The van der Waals surface area contributed by atoms with E-state index in [2.05, 4.69) is 5.43 Å². The number of hydrazine groups is 1. The van der Waals surface area contributed by atoms with Crippen molar-refractivity contribution in [2.45, 2.75) is 31.1 Å². The summed E-state index contributed by atoms with van der Waals surface area (Å²) in [6, 6.07) is 33.0. The van der Waals surface area contributed by atoms with Crippen molar-refractivity contribution in [3.05, 3.63) is 161 Å². The summed E-state index contributed by atoms with van der Waals surface area (Å²) in [6.45, 7) is 1.93. The molecule has 5 aromatic carbocycles. The Morgan fingerprint density at radius 3 is 2.27 bits per heavy atom. The molecule has 0 aromatic heterocycles. The number of halogens is 1. The number of hydrogen-bond donors (Lipinski definition) is 2. The molecule has 2 aliphatic heterocycles. The van der Waals surface area contributed by atoms with Gasteiger partial charge in [-0.3, -0.25) is 29.5 Å². The standard InChI is InChI=1S/C49H42FN3O7/c1-28-12-18-32(19-13-28)51-53-46(56)39-27-38-35(43(37-10-7-11-40(50)44(37)54)49(39,48(53)58)31-8-5-4-6-9-31)23-24-36-42(38)47(57)52(45(36)55)33-20-15-29(16-21-33)14-17-30-26-34(59-2)22-25-41(30)60-3/h4-23,25-26,36,38-39,42-43,51,54H,24,27H2,1-3H3/t36-,38+,39-,42-,43+,49+/m0/s1. The summed E-state index contributed by atoms with van der Waals surface area (Å²) in [7, 11) is 3.19. The maximum absolute atomic E-state index is 15.4. The van der Waals surface area contributed by atoms with E-state index in [-0.39, 0.29) is 24.3 Å². The second-order valence-corrected chi connectivity index (χ2v) is 15.8. The van der Waals surface area contributed by atoms with Crippen LogP contribution in [-0.4, -0.2) is 48.0 Å². The summed E-state index contributed by atoms with van der Waals surface area (Å²) in [6.07, 6.45) is 5.91. The number of methoxy groups -OCH3 is 2. The fourth-order valence-corrected chi connectivity index (χ4v) is 10.0. The van der Waals surface area contributed by atoms with E-state index in [0.29, 0.717) is 34.0 Å². The minimum absolute atomic E-state index is 0.0649. The number of allylic oxidation sites excluding steroid dienone is 2. The van der Waals surface area contributed by atoms with Crippen molar-refractivity contribution in [2.24, 2.45) is 23.7 Å². The fourth-order valence-electron chi connectivity index (χ4n) is 10.0. The first-order valence-corrected chi connectivity index (χ1v) is 19.9. The Kier molecular flexibility index (Phi) is 9.61. The fraction of sp³-hybridized carbons (Fsp3) is 0.224. The van der Waals surface area contributed by atoms with Crippen LogP contribution in [-0.2, 0) is 24.6 Å². The van der Waals surface area contributed by atoms with E-state index in [0.717, 1.165) is 27.8 Å². The maximum atomic E-state index is 15.4. The number of carbonyl (C=O) groups excluding carboxylic acids is 4. The molecule has 4 aliphatic rings. The minimum atomic E-state index is -1.64. The molecule has 2 saturated heterocycles. The molecule has 4 amide bonds. The molecule has 0 bridgehead atoms. The van der Waals surface area contributed by atoms with Crippen LogP contribution in [0.1, 0.15) is 46.6 Å². The van der Waals surface area contributed by atoms with E-state index in [4.69, 9.17) is 9.47 Å². The lowest BCUT2D eigenvalue weighted by Gasteiger charge is -2.50. The number of benzene rings is 5. The number of phenols is 1. The van der Waals surface area contributed by atoms with Crippen LogP contribution in [0.2, 0.25) is 0 Å². The van der Waals surface area contributed by atoms with Crippen LogP contribution in [0, 0.1) is 36.4 Å². The summed E-state index contributed by atoms with van der Waals surface area (Å²) in [5.74, 6) is -6.41. The predicted octanol–water partition coefficient (Wildman–Crippen LogP) is 8.22. The number of aryl methyl sites for hydroxylation is 1. The van der Waals surface area contributed by atoms with Crippen LogP contribution in [0.3, 0.4) is 0 Å². The highest BCUT2D eigenvalue weighted by molar-refractivity contribution is 6.22. The number of amides is 4. The lowest BCUT2D eigenvalue weighted by molar-refractivity contribution is -0.138. The van der Waals surface area contributed by atoms with Gasteiger partial charge in [-0.1, -0.05) is 96.1 Å². The molecule has 9 rings (SSSR count). The van der Waals surface area contributed by atoms with Crippen LogP contribution in [0.4, 0.5) is 15.8 Å². The highest BCUT2D eigenvalue weighted by Crippen LogP contribution is 2.65. The number of fused-ring (bicyclic) bond motifs is 4. The van der Waals surface area contributed by atoms with Crippen molar-refractivity contribution in [3.63, 3.8) is 0 Å². The lowest BCUT2D eigenvalue weighted by Crippen LogP contribution is -2.53. The van der Waals surface area contributed by atoms with Crippen molar-refractivity contribution in [2.75, 3.05) is 24.5 Å². The van der Waals surface area contributed by atoms with Crippen molar-refractivity contribution in [1.29, 1.82) is 0 Å². The smallest absolute Gasteiger partial charge is 0.260 e. The Morgan fingerprint density at radius 1 is 0.800 bits per heavy atom. The number of phenolic OH excluding ortho intramolecular Hbond substituents is 1. The van der Waals surface area contributed by atoms with Crippen LogP contribution in [0.25, 0.3) is 12.2 Å². The molecule has 11 heteroatoms. The Labute approximate surface area is 346 Å². The average Bonchev–Trinajstić information content (AvgIpc) is 3.65. The van der Waals surface area contributed by atoms with Gasteiger partial charge < -0.3 is 14.6 Å². The van der Waals surface area contributed by atoms with Crippen molar-refractivity contribution in [1.82, 2.24) is 5.01 Å². The summed E-state index contributed by atoms with van der Waals surface area (Å²) in [5, 5.41) is 12.5. The number of rotatable bonds is 9. The summed E-state index contributed by atoms with van der Waals surface area (Å²) >= 11 is 0. The molecule has 10 nitrogen and oxygen atoms in total. The zero-order valence-electron chi connectivity index (χ0n) is 33.2. The minimum Gasteiger partial charge on any atom is -0.505 e. The molecule has 0 spiro atoms. The van der Waals surface area contributed by atoms with E-state index in [9.17, 15) is 19.5 Å². The van der Waals surface area contributed by atoms with Crippen molar-refractivity contribution in [3.8, 4) is 17.2 Å². The Hall–Kier alpha value is -7.01. The number of carbonyl (C=O) groups is 4. The summed E-state index contributed by atoms with van der Waals surface area (Å²) in [5.41, 5.74) is 6.22. The van der Waals surface area contributed by atoms with Gasteiger partial charge in [-0.2, -0.15) is 5.01 Å². The van der Waals surface area contributed by atoms with Gasteiger partial charge >= 0.3 is 0 Å². The van der Waals surface area contributed by atoms with E-state index in [1.165, 1.54) is 11.0 Å². The summed E-state index contributed by atoms with van der Waals surface area (Å²) < 4.78 is 26.3. The normalized spacial score (nSPS) is 24.6. The highest BCUT2D eigenvalue weighted by Gasteiger charge is 2.70. The number of para-hydroxylation sites is 1. The van der Waals surface area contributed by atoms with Gasteiger partial charge in [0.2, 0.25) is 11.8 Å². The molecule has 2 heterocycles. The SMILES string of the molecule is COc1ccc(OC)c(C=Cc2ccc(N3C(=O)[C@H]4[C@H](CC=C5[C@H]4C[C@H]4C(=O)N(Nc6ccc(C)cc6)C(=O)[C@@]4(c4ccccc4)[C@H]5c4cccc(F)c4O)C3=O)cc2)c1. The van der Waals surface area contributed by atoms with Gasteiger partial charge in [-0.15, -0.1) is 0 Å². The van der Waals surface area contributed by atoms with E-state index in [1.807, 2.05) is 73.7 Å². The van der Waals surface area contributed by atoms with Gasteiger partial charge in [0, 0.05) is 17.0 Å². The van der Waals surface area contributed by atoms with Gasteiger partial charge in [-0.25, -0.2) is 4.39 Å².